The lowest BCUT2D eigenvalue weighted by atomic mass is 9.98. The van der Waals surface area contributed by atoms with E-state index in [9.17, 15) is 9.50 Å². The van der Waals surface area contributed by atoms with Crippen molar-refractivity contribution in [2.45, 2.75) is 18.9 Å². The maximum atomic E-state index is 14.0. The van der Waals surface area contributed by atoms with Gasteiger partial charge in [0.15, 0.2) is 11.6 Å². The molecule has 124 valence electrons. The predicted molar refractivity (Wildman–Crippen MR) is 87.3 cm³/mol. The Balaban J connectivity index is 1.94. The summed E-state index contributed by atoms with van der Waals surface area (Å²) >= 11 is 5.56. The number of benzene rings is 1. The molecular formula is C16H24ClFN2O2. The van der Waals surface area contributed by atoms with Crippen molar-refractivity contribution in [3.63, 3.8) is 0 Å². The van der Waals surface area contributed by atoms with Crippen molar-refractivity contribution in [3.8, 4) is 5.75 Å². The maximum Gasteiger partial charge on any atom is 0.177 e. The molecule has 0 saturated carbocycles. The van der Waals surface area contributed by atoms with Gasteiger partial charge in [-0.05, 0) is 51.0 Å². The first kappa shape index (κ1) is 17.3. The summed E-state index contributed by atoms with van der Waals surface area (Å²) in [6, 6.07) is 4.74. The molecule has 2 rings (SSSR count). The Kier molecular flexibility index (Phi) is 6.73. The molecule has 1 fully saturated rings. The number of aliphatic hydroxyl groups excluding tert-OH is 1. The Labute approximate surface area is 136 Å². The molecule has 0 amide bonds. The molecule has 1 unspecified atom stereocenters. The summed E-state index contributed by atoms with van der Waals surface area (Å²) in [5.74, 6) is 0.423. The van der Waals surface area contributed by atoms with Gasteiger partial charge >= 0.3 is 0 Å². The molecule has 4 nitrogen and oxygen atoms in total. The summed E-state index contributed by atoms with van der Waals surface area (Å²) in [6.07, 6.45) is 1.46. The van der Waals surface area contributed by atoms with Gasteiger partial charge in [0.05, 0.1) is 24.3 Å². The highest BCUT2D eigenvalue weighted by molar-refractivity contribution is 6.18. The Morgan fingerprint density at radius 3 is 2.86 bits per heavy atom. The lowest BCUT2D eigenvalue weighted by Crippen LogP contribution is -2.32. The van der Waals surface area contributed by atoms with Crippen LogP contribution in [0.4, 0.5) is 10.1 Å². The zero-order valence-corrected chi connectivity index (χ0v) is 13.7. The number of halogens is 2. The number of anilines is 1. The third-order valence-electron chi connectivity index (χ3n) is 3.97. The van der Waals surface area contributed by atoms with Crippen LogP contribution in [0.3, 0.4) is 0 Å². The lowest BCUT2D eigenvalue weighted by Gasteiger charge is -2.29. The van der Waals surface area contributed by atoms with Crippen molar-refractivity contribution < 1.29 is 14.2 Å². The van der Waals surface area contributed by atoms with E-state index < -0.39 is 11.9 Å². The van der Waals surface area contributed by atoms with Crippen LogP contribution >= 0.6 is 11.6 Å². The fourth-order valence-corrected chi connectivity index (χ4v) is 2.62. The van der Waals surface area contributed by atoms with Crippen LogP contribution in [-0.2, 0) is 0 Å². The summed E-state index contributed by atoms with van der Waals surface area (Å²) in [5, 5.41) is 12.5. The normalized spacial score (nSPS) is 18.2. The SMILES string of the molecule is CN1CCC(COc2c(F)cccc2NCC(O)CCl)CC1. The van der Waals surface area contributed by atoms with Gasteiger partial charge in [-0.15, -0.1) is 11.6 Å². The summed E-state index contributed by atoms with van der Waals surface area (Å²) < 4.78 is 19.7. The van der Waals surface area contributed by atoms with Crippen LogP contribution in [0.2, 0.25) is 0 Å². The number of rotatable bonds is 7. The zero-order valence-electron chi connectivity index (χ0n) is 12.9. The summed E-state index contributed by atoms with van der Waals surface area (Å²) in [5.41, 5.74) is 0.553. The molecule has 22 heavy (non-hydrogen) atoms. The number of para-hydroxylation sites is 1. The third kappa shape index (κ3) is 5.00. The lowest BCUT2D eigenvalue weighted by molar-refractivity contribution is 0.157. The highest BCUT2D eigenvalue weighted by Crippen LogP contribution is 2.29. The number of alkyl halides is 1. The van der Waals surface area contributed by atoms with E-state index in [1.54, 1.807) is 12.1 Å². The Bertz CT molecular complexity index is 467. The van der Waals surface area contributed by atoms with Gasteiger partial charge in [-0.25, -0.2) is 4.39 Å². The van der Waals surface area contributed by atoms with Crippen LogP contribution in [0, 0.1) is 11.7 Å². The molecule has 0 aliphatic carbocycles. The quantitative estimate of drug-likeness (QED) is 0.754. The van der Waals surface area contributed by atoms with E-state index in [-0.39, 0.29) is 18.2 Å². The standard InChI is InChI=1S/C16H24ClFN2O2/c1-20-7-5-12(6-8-20)11-22-16-14(18)3-2-4-15(16)19-10-13(21)9-17/h2-4,12-13,19,21H,5-11H2,1H3. The smallest absolute Gasteiger partial charge is 0.177 e. The first-order chi connectivity index (χ1) is 10.6. The van der Waals surface area contributed by atoms with Gasteiger partial charge < -0.3 is 20.1 Å². The van der Waals surface area contributed by atoms with Gasteiger partial charge in [0.1, 0.15) is 0 Å². The van der Waals surface area contributed by atoms with Crippen LogP contribution < -0.4 is 10.1 Å². The van der Waals surface area contributed by atoms with Gasteiger partial charge in [-0.2, -0.15) is 0 Å². The molecule has 0 spiro atoms. The third-order valence-corrected chi connectivity index (χ3v) is 4.33. The molecule has 1 aromatic rings. The van der Waals surface area contributed by atoms with E-state index in [0.29, 0.717) is 18.2 Å². The minimum absolute atomic E-state index is 0.133. The van der Waals surface area contributed by atoms with Crippen LogP contribution in [0.25, 0.3) is 0 Å². The van der Waals surface area contributed by atoms with Crippen molar-refractivity contribution in [1.29, 1.82) is 0 Å². The number of aliphatic hydroxyl groups is 1. The number of piperidine rings is 1. The summed E-state index contributed by atoms with van der Waals surface area (Å²) in [4.78, 5) is 2.29. The summed E-state index contributed by atoms with van der Waals surface area (Å²) in [6.45, 7) is 2.88. The second-order valence-electron chi connectivity index (χ2n) is 5.86. The molecule has 0 bridgehead atoms. The number of hydrogen-bond acceptors (Lipinski definition) is 4. The summed E-state index contributed by atoms with van der Waals surface area (Å²) in [7, 11) is 2.11. The predicted octanol–water partition coefficient (Wildman–Crippen LogP) is 2.56. The Morgan fingerprint density at radius 1 is 1.45 bits per heavy atom. The molecule has 0 radical (unpaired) electrons. The van der Waals surface area contributed by atoms with Gasteiger partial charge in [-0.3, -0.25) is 0 Å². The molecule has 1 aliphatic rings. The average Bonchev–Trinajstić information content (AvgIpc) is 2.53. The van der Waals surface area contributed by atoms with Gasteiger partial charge in [-0.1, -0.05) is 6.07 Å². The average molecular weight is 331 g/mol. The monoisotopic (exact) mass is 330 g/mol. The van der Waals surface area contributed by atoms with Crippen LogP contribution in [0.15, 0.2) is 18.2 Å². The first-order valence-corrected chi connectivity index (χ1v) is 8.21. The van der Waals surface area contributed by atoms with Crippen molar-refractivity contribution in [2.24, 2.45) is 5.92 Å². The Morgan fingerprint density at radius 2 is 2.18 bits per heavy atom. The number of likely N-dealkylation sites (tertiary alicyclic amines) is 1. The minimum Gasteiger partial charge on any atom is -0.488 e. The molecule has 1 atom stereocenters. The van der Waals surface area contributed by atoms with Crippen LogP contribution in [0.1, 0.15) is 12.8 Å². The highest BCUT2D eigenvalue weighted by Gasteiger charge is 2.19. The maximum absolute atomic E-state index is 14.0. The van der Waals surface area contributed by atoms with Gasteiger partial charge in [0.25, 0.3) is 0 Å². The molecule has 1 aliphatic heterocycles. The molecule has 1 saturated heterocycles. The van der Waals surface area contributed by atoms with E-state index in [4.69, 9.17) is 16.3 Å². The molecular weight excluding hydrogens is 307 g/mol. The van der Waals surface area contributed by atoms with E-state index in [2.05, 4.69) is 17.3 Å². The number of hydrogen-bond donors (Lipinski definition) is 2. The van der Waals surface area contributed by atoms with Crippen LogP contribution in [0.5, 0.6) is 5.75 Å². The molecule has 0 aromatic heterocycles. The Hall–Kier alpha value is -1.04. The van der Waals surface area contributed by atoms with Crippen molar-refractivity contribution >= 4 is 17.3 Å². The largest absolute Gasteiger partial charge is 0.488 e. The number of ether oxygens (including phenoxy) is 1. The van der Waals surface area contributed by atoms with Crippen LogP contribution in [-0.4, -0.2) is 55.3 Å². The second kappa shape index (κ2) is 8.56. The van der Waals surface area contributed by atoms with Gasteiger partial charge in [0, 0.05) is 6.54 Å². The molecule has 6 heteroatoms. The molecule has 1 aromatic carbocycles. The van der Waals surface area contributed by atoms with Crippen molar-refractivity contribution in [3.05, 3.63) is 24.0 Å². The first-order valence-electron chi connectivity index (χ1n) is 7.68. The fourth-order valence-electron chi connectivity index (χ4n) is 2.51. The van der Waals surface area contributed by atoms with Crippen molar-refractivity contribution in [1.82, 2.24) is 4.90 Å². The fraction of sp³-hybridized carbons (Fsp3) is 0.625. The number of nitrogens with zero attached hydrogens (tertiary/aromatic N) is 1. The zero-order chi connectivity index (χ0) is 15.9. The topological polar surface area (TPSA) is 44.7 Å². The van der Waals surface area contributed by atoms with E-state index >= 15 is 0 Å². The molecule has 2 N–H and O–H groups in total. The second-order valence-corrected chi connectivity index (χ2v) is 6.17. The molecule has 1 heterocycles. The minimum atomic E-state index is -0.674. The van der Waals surface area contributed by atoms with Crippen molar-refractivity contribution in [2.75, 3.05) is 44.5 Å². The number of nitrogens with one attached hydrogen (secondary N) is 1. The van der Waals surface area contributed by atoms with E-state index in [0.717, 1.165) is 25.9 Å². The van der Waals surface area contributed by atoms with E-state index in [1.807, 2.05) is 0 Å². The van der Waals surface area contributed by atoms with E-state index in [1.165, 1.54) is 6.07 Å². The highest BCUT2D eigenvalue weighted by atomic mass is 35.5. The van der Waals surface area contributed by atoms with Gasteiger partial charge in [0.2, 0.25) is 0 Å².